The topological polar surface area (TPSA) is 42.7 Å². The Morgan fingerprint density at radius 1 is 1.15 bits per heavy atom. The standard InChI is InChI=1S/C12H12F4N4/c1-6(2)17-4-7-5-20(19-18-7)12-10(15)8(13)3-9(14)11(12)16/h3,5-6,17H,4H2,1-2H3. The van der Waals surface area contributed by atoms with Crippen molar-refractivity contribution in [2.75, 3.05) is 0 Å². The third-order valence-electron chi connectivity index (χ3n) is 2.55. The van der Waals surface area contributed by atoms with Crippen LogP contribution >= 0.6 is 0 Å². The van der Waals surface area contributed by atoms with Gasteiger partial charge in [-0.05, 0) is 0 Å². The summed E-state index contributed by atoms with van der Waals surface area (Å²) in [6.07, 6.45) is 1.20. The van der Waals surface area contributed by atoms with Gasteiger partial charge in [-0.2, -0.15) is 0 Å². The van der Waals surface area contributed by atoms with Gasteiger partial charge >= 0.3 is 0 Å². The number of hydrogen-bond donors (Lipinski definition) is 1. The van der Waals surface area contributed by atoms with Gasteiger partial charge in [-0.25, -0.2) is 22.2 Å². The first-order valence-corrected chi connectivity index (χ1v) is 5.88. The van der Waals surface area contributed by atoms with Crippen molar-refractivity contribution < 1.29 is 17.6 Å². The highest BCUT2D eigenvalue weighted by molar-refractivity contribution is 5.36. The molecule has 2 aromatic rings. The van der Waals surface area contributed by atoms with E-state index in [9.17, 15) is 17.6 Å². The number of hydrogen-bond acceptors (Lipinski definition) is 3. The highest BCUT2D eigenvalue weighted by Crippen LogP contribution is 2.22. The van der Waals surface area contributed by atoms with Crippen molar-refractivity contribution in [3.8, 4) is 5.69 Å². The second-order valence-corrected chi connectivity index (χ2v) is 4.51. The average molecular weight is 288 g/mol. The van der Waals surface area contributed by atoms with Crippen molar-refractivity contribution in [2.24, 2.45) is 0 Å². The van der Waals surface area contributed by atoms with E-state index in [1.54, 1.807) is 0 Å². The van der Waals surface area contributed by atoms with Gasteiger partial charge in [-0.1, -0.05) is 19.1 Å². The van der Waals surface area contributed by atoms with Crippen molar-refractivity contribution in [1.29, 1.82) is 0 Å². The van der Waals surface area contributed by atoms with Crippen molar-refractivity contribution >= 4 is 0 Å². The maximum absolute atomic E-state index is 13.6. The third kappa shape index (κ3) is 2.79. The van der Waals surface area contributed by atoms with Crippen LogP contribution in [0.25, 0.3) is 5.69 Å². The molecule has 0 radical (unpaired) electrons. The van der Waals surface area contributed by atoms with Crippen LogP contribution < -0.4 is 5.32 Å². The van der Waals surface area contributed by atoms with Crippen molar-refractivity contribution in [3.05, 3.63) is 41.2 Å². The molecule has 0 fully saturated rings. The van der Waals surface area contributed by atoms with Crippen LogP contribution in [-0.2, 0) is 6.54 Å². The van der Waals surface area contributed by atoms with Crippen LogP contribution in [0.4, 0.5) is 17.6 Å². The highest BCUT2D eigenvalue weighted by atomic mass is 19.2. The molecule has 4 nitrogen and oxygen atoms in total. The van der Waals surface area contributed by atoms with E-state index in [-0.39, 0.29) is 12.1 Å². The molecular weight excluding hydrogens is 276 g/mol. The van der Waals surface area contributed by atoms with Crippen LogP contribution in [0, 0.1) is 23.3 Å². The fourth-order valence-electron chi connectivity index (χ4n) is 1.56. The van der Waals surface area contributed by atoms with Gasteiger partial charge in [0.25, 0.3) is 0 Å². The molecule has 0 aliphatic heterocycles. The molecule has 0 bridgehead atoms. The summed E-state index contributed by atoms with van der Waals surface area (Å²) in [5, 5.41) is 10.2. The molecule has 0 aliphatic carbocycles. The van der Waals surface area contributed by atoms with E-state index < -0.39 is 29.0 Å². The van der Waals surface area contributed by atoms with Crippen LogP contribution in [0.1, 0.15) is 19.5 Å². The van der Waals surface area contributed by atoms with Gasteiger partial charge in [0, 0.05) is 18.7 Å². The molecular formula is C12H12F4N4. The molecule has 0 amide bonds. The normalized spacial score (nSPS) is 11.3. The minimum atomic E-state index is -1.52. The van der Waals surface area contributed by atoms with E-state index in [0.29, 0.717) is 16.9 Å². The molecule has 108 valence electrons. The van der Waals surface area contributed by atoms with Crippen LogP contribution in [-0.4, -0.2) is 21.0 Å². The SMILES string of the molecule is CC(C)NCc1cn(-c2c(F)c(F)cc(F)c2F)nn1. The number of aromatic nitrogens is 3. The molecule has 1 aromatic heterocycles. The van der Waals surface area contributed by atoms with Crippen LogP contribution in [0.15, 0.2) is 12.3 Å². The summed E-state index contributed by atoms with van der Waals surface area (Å²) in [4.78, 5) is 0. The summed E-state index contributed by atoms with van der Waals surface area (Å²) in [7, 11) is 0. The molecule has 1 N–H and O–H groups in total. The number of nitrogens with one attached hydrogen (secondary N) is 1. The highest BCUT2D eigenvalue weighted by Gasteiger charge is 2.21. The number of rotatable bonds is 4. The Balaban J connectivity index is 2.37. The molecule has 0 aliphatic rings. The van der Waals surface area contributed by atoms with E-state index in [0.717, 1.165) is 0 Å². The maximum atomic E-state index is 13.6. The van der Waals surface area contributed by atoms with E-state index >= 15 is 0 Å². The third-order valence-corrected chi connectivity index (χ3v) is 2.55. The van der Waals surface area contributed by atoms with E-state index in [2.05, 4.69) is 15.6 Å². The zero-order chi connectivity index (χ0) is 14.9. The van der Waals surface area contributed by atoms with Gasteiger partial charge in [0.15, 0.2) is 23.3 Å². The monoisotopic (exact) mass is 288 g/mol. The lowest BCUT2D eigenvalue weighted by Crippen LogP contribution is -2.21. The summed E-state index contributed by atoms with van der Waals surface area (Å²) in [6, 6.07) is 0.326. The van der Waals surface area contributed by atoms with E-state index in [1.807, 2.05) is 13.8 Å². The van der Waals surface area contributed by atoms with Gasteiger partial charge in [-0.15, -0.1) is 5.10 Å². The lowest BCUT2D eigenvalue weighted by molar-refractivity contribution is 0.443. The van der Waals surface area contributed by atoms with Crippen LogP contribution in [0.5, 0.6) is 0 Å². The van der Waals surface area contributed by atoms with Crippen molar-refractivity contribution in [1.82, 2.24) is 20.3 Å². The Bertz CT molecular complexity index is 598. The zero-order valence-electron chi connectivity index (χ0n) is 10.8. The minimum Gasteiger partial charge on any atom is -0.309 e. The predicted octanol–water partition coefficient (Wildman–Crippen LogP) is 2.32. The lowest BCUT2D eigenvalue weighted by atomic mass is 10.2. The number of halogens is 4. The molecule has 1 aromatic carbocycles. The maximum Gasteiger partial charge on any atom is 0.187 e. The predicted molar refractivity (Wildman–Crippen MR) is 63.2 cm³/mol. The quantitative estimate of drug-likeness (QED) is 0.693. The first-order valence-electron chi connectivity index (χ1n) is 5.88. The summed E-state index contributed by atoms with van der Waals surface area (Å²) < 4.78 is 54.0. The largest absolute Gasteiger partial charge is 0.309 e. The molecule has 8 heteroatoms. The smallest absolute Gasteiger partial charge is 0.187 e. The second-order valence-electron chi connectivity index (χ2n) is 4.51. The van der Waals surface area contributed by atoms with E-state index in [4.69, 9.17) is 0 Å². The molecule has 0 saturated heterocycles. The van der Waals surface area contributed by atoms with Crippen LogP contribution in [0.2, 0.25) is 0 Å². The summed E-state index contributed by atoms with van der Waals surface area (Å²) >= 11 is 0. The molecule has 0 spiro atoms. The number of nitrogens with zero attached hydrogens (tertiary/aromatic N) is 3. The molecule has 20 heavy (non-hydrogen) atoms. The van der Waals surface area contributed by atoms with Crippen molar-refractivity contribution in [2.45, 2.75) is 26.4 Å². The van der Waals surface area contributed by atoms with Gasteiger partial charge < -0.3 is 5.32 Å². The summed E-state index contributed by atoms with van der Waals surface area (Å²) in [6.45, 7) is 4.14. The van der Waals surface area contributed by atoms with E-state index in [1.165, 1.54) is 6.20 Å². The average Bonchev–Trinajstić information content (AvgIpc) is 2.83. The zero-order valence-corrected chi connectivity index (χ0v) is 10.8. The van der Waals surface area contributed by atoms with Gasteiger partial charge in [0.2, 0.25) is 0 Å². The van der Waals surface area contributed by atoms with Gasteiger partial charge in [0.05, 0.1) is 11.9 Å². The summed E-state index contributed by atoms with van der Waals surface area (Å²) in [5.74, 6) is -6.01. The van der Waals surface area contributed by atoms with Crippen LogP contribution in [0.3, 0.4) is 0 Å². The molecule has 1 heterocycles. The van der Waals surface area contributed by atoms with Gasteiger partial charge in [-0.3, -0.25) is 0 Å². The first-order chi connectivity index (χ1) is 9.40. The Morgan fingerprint density at radius 3 is 2.30 bits per heavy atom. The summed E-state index contributed by atoms with van der Waals surface area (Å²) in [5.41, 5.74) is -0.534. The lowest BCUT2D eigenvalue weighted by Gasteiger charge is -2.06. The fraction of sp³-hybridized carbons (Fsp3) is 0.333. The van der Waals surface area contributed by atoms with Gasteiger partial charge in [0.1, 0.15) is 5.69 Å². The fourth-order valence-corrected chi connectivity index (χ4v) is 1.56. The Labute approximate surface area is 112 Å². The molecule has 0 saturated carbocycles. The minimum absolute atomic E-state index is 0.145. The Morgan fingerprint density at radius 2 is 1.75 bits per heavy atom. The molecule has 0 atom stereocenters. The first kappa shape index (κ1) is 14.4. The Hall–Kier alpha value is -1.96. The Kier molecular flexibility index (Phi) is 4.03. The number of benzene rings is 1. The second kappa shape index (κ2) is 5.58. The van der Waals surface area contributed by atoms with Crippen molar-refractivity contribution in [3.63, 3.8) is 0 Å². The molecule has 0 unspecified atom stereocenters. The molecule has 2 rings (SSSR count).